The summed E-state index contributed by atoms with van der Waals surface area (Å²) in [5, 5.41) is 0. The highest BCUT2D eigenvalue weighted by Crippen LogP contribution is 2.38. The molecule has 0 unspecified atom stereocenters. The van der Waals surface area contributed by atoms with Crippen molar-refractivity contribution in [2.75, 3.05) is 24.6 Å². The molecule has 0 saturated carbocycles. The number of halogens is 3. The van der Waals surface area contributed by atoms with Crippen LogP contribution in [0.1, 0.15) is 25.3 Å². The monoisotopic (exact) mass is 326 g/mol. The first-order valence-corrected chi connectivity index (χ1v) is 7.37. The first kappa shape index (κ1) is 17.1. The highest BCUT2D eigenvalue weighted by molar-refractivity contribution is 5.75. The second-order valence-corrected chi connectivity index (χ2v) is 5.33. The molecule has 0 amide bonds. The van der Waals surface area contributed by atoms with Gasteiger partial charge in [0.05, 0.1) is 19.1 Å². The van der Waals surface area contributed by atoms with E-state index in [1.165, 1.54) is 6.07 Å². The zero-order valence-corrected chi connectivity index (χ0v) is 12.7. The van der Waals surface area contributed by atoms with Crippen molar-refractivity contribution >= 4 is 17.3 Å². The van der Waals surface area contributed by atoms with Crippen LogP contribution < -0.4 is 4.90 Å². The zero-order chi connectivity index (χ0) is 17.0. The van der Waals surface area contributed by atoms with Gasteiger partial charge < -0.3 is 9.64 Å². The summed E-state index contributed by atoms with van der Waals surface area (Å²) >= 11 is 0. The number of nitrogens with zero attached hydrogens (tertiary/aromatic N) is 2. The van der Waals surface area contributed by atoms with Gasteiger partial charge in [0.2, 0.25) is 5.69 Å². The van der Waals surface area contributed by atoms with Crippen LogP contribution in [-0.2, 0) is 15.7 Å². The normalized spacial score (nSPS) is 16.0. The molecule has 0 bridgehead atoms. The van der Waals surface area contributed by atoms with E-state index in [1.807, 2.05) is 4.90 Å². The number of alkyl halides is 3. The quantitative estimate of drug-likeness (QED) is 0.621. The summed E-state index contributed by atoms with van der Waals surface area (Å²) in [4.78, 5) is 16.8. The van der Waals surface area contributed by atoms with E-state index in [1.54, 1.807) is 6.92 Å². The molecule has 1 fully saturated rings. The van der Waals surface area contributed by atoms with E-state index in [4.69, 9.17) is 11.3 Å². The molecule has 0 radical (unpaired) electrons. The minimum atomic E-state index is -4.46. The van der Waals surface area contributed by atoms with E-state index in [0.29, 0.717) is 38.2 Å². The average molecular weight is 326 g/mol. The molecule has 7 heteroatoms. The Morgan fingerprint density at radius 1 is 1.39 bits per heavy atom. The van der Waals surface area contributed by atoms with Crippen molar-refractivity contribution in [3.8, 4) is 0 Å². The van der Waals surface area contributed by atoms with Crippen molar-refractivity contribution in [2.45, 2.75) is 25.9 Å². The number of piperidine rings is 1. The van der Waals surface area contributed by atoms with Crippen molar-refractivity contribution < 1.29 is 22.7 Å². The summed E-state index contributed by atoms with van der Waals surface area (Å²) in [6, 6.07) is 3.20. The number of benzene rings is 1. The fraction of sp³-hybridized carbons (Fsp3) is 0.500. The predicted octanol–water partition coefficient (Wildman–Crippen LogP) is 4.04. The van der Waals surface area contributed by atoms with Crippen LogP contribution in [0.25, 0.3) is 4.85 Å². The Morgan fingerprint density at radius 2 is 2.04 bits per heavy atom. The molecular weight excluding hydrogens is 309 g/mol. The molecule has 1 heterocycles. The molecule has 0 atom stereocenters. The molecule has 1 aromatic carbocycles. The predicted molar refractivity (Wildman–Crippen MR) is 79.3 cm³/mol. The van der Waals surface area contributed by atoms with Crippen LogP contribution in [0, 0.1) is 12.5 Å². The molecule has 1 aliphatic rings. The number of anilines is 1. The van der Waals surface area contributed by atoms with Gasteiger partial charge in [0.25, 0.3) is 0 Å². The molecule has 23 heavy (non-hydrogen) atoms. The van der Waals surface area contributed by atoms with Crippen molar-refractivity contribution in [1.29, 1.82) is 0 Å². The van der Waals surface area contributed by atoms with Crippen LogP contribution in [0.5, 0.6) is 0 Å². The number of carbonyl (C=O) groups excluding carboxylic acids is 1. The van der Waals surface area contributed by atoms with Crippen LogP contribution >= 0.6 is 0 Å². The summed E-state index contributed by atoms with van der Waals surface area (Å²) in [7, 11) is 0. The summed E-state index contributed by atoms with van der Waals surface area (Å²) in [6.45, 7) is 10.2. The number of hydrogen-bond donors (Lipinski definition) is 0. The molecule has 1 saturated heterocycles. The molecule has 124 valence electrons. The van der Waals surface area contributed by atoms with Gasteiger partial charge in [0.15, 0.2) is 0 Å². The van der Waals surface area contributed by atoms with Gasteiger partial charge in [0, 0.05) is 24.3 Å². The lowest BCUT2D eigenvalue weighted by atomic mass is 9.96. The van der Waals surface area contributed by atoms with Gasteiger partial charge in [-0.2, -0.15) is 13.2 Å². The fourth-order valence-corrected chi connectivity index (χ4v) is 2.67. The van der Waals surface area contributed by atoms with Crippen LogP contribution in [-0.4, -0.2) is 25.7 Å². The highest BCUT2D eigenvalue weighted by atomic mass is 19.4. The molecule has 1 aromatic rings. The Morgan fingerprint density at radius 3 is 2.57 bits per heavy atom. The summed E-state index contributed by atoms with van der Waals surface area (Å²) in [5.41, 5.74) is -0.363. The number of ether oxygens (including phenoxy) is 1. The number of rotatable bonds is 3. The van der Waals surface area contributed by atoms with Gasteiger partial charge in [-0.25, -0.2) is 4.85 Å². The third-order valence-electron chi connectivity index (χ3n) is 3.88. The maximum Gasteiger partial charge on any atom is 0.415 e. The molecule has 0 N–H and O–H groups in total. The minimum Gasteiger partial charge on any atom is -0.466 e. The van der Waals surface area contributed by atoms with Gasteiger partial charge in [-0.15, -0.1) is 0 Å². The lowest BCUT2D eigenvalue weighted by molar-refractivity contribution is -0.148. The van der Waals surface area contributed by atoms with Crippen LogP contribution in [0.15, 0.2) is 18.2 Å². The smallest absolute Gasteiger partial charge is 0.415 e. The van der Waals surface area contributed by atoms with Crippen molar-refractivity contribution in [2.24, 2.45) is 5.92 Å². The van der Waals surface area contributed by atoms with Gasteiger partial charge in [0.1, 0.15) is 0 Å². The van der Waals surface area contributed by atoms with Crippen molar-refractivity contribution in [1.82, 2.24) is 0 Å². The minimum absolute atomic E-state index is 0.0191. The van der Waals surface area contributed by atoms with Gasteiger partial charge >= 0.3 is 12.1 Å². The maximum atomic E-state index is 12.7. The number of hydrogen-bond acceptors (Lipinski definition) is 3. The van der Waals surface area contributed by atoms with Gasteiger partial charge in [-0.3, -0.25) is 4.79 Å². The molecule has 1 aliphatic heterocycles. The second kappa shape index (κ2) is 6.90. The van der Waals surface area contributed by atoms with Crippen molar-refractivity contribution in [3.63, 3.8) is 0 Å². The number of esters is 1. The lowest BCUT2D eigenvalue weighted by Crippen LogP contribution is -2.37. The summed E-state index contributed by atoms with van der Waals surface area (Å²) in [5.74, 6) is -0.415. The van der Waals surface area contributed by atoms with Crippen molar-refractivity contribution in [3.05, 3.63) is 35.2 Å². The Bertz CT molecular complexity index is 615. The third kappa shape index (κ3) is 3.95. The fourth-order valence-electron chi connectivity index (χ4n) is 2.67. The first-order chi connectivity index (χ1) is 10.9. The van der Waals surface area contributed by atoms with E-state index >= 15 is 0 Å². The second-order valence-electron chi connectivity index (χ2n) is 5.33. The standard InChI is InChI=1S/C16H17F3N2O2/c1-3-23-15(22)11-6-8-21(9-7-11)14-5-4-12(16(17,18)19)10-13(14)20-2/h4-5,10-11H,3,6-9H2,1H3. The van der Waals surface area contributed by atoms with Crippen LogP contribution in [0.3, 0.4) is 0 Å². The van der Waals surface area contributed by atoms with Gasteiger partial charge in [-0.05, 0) is 31.9 Å². The largest absolute Gasteiger partial charge is 0.466 e. The van der Waals surface area contributed by atoms with E-state index in [0.717, 1.165) is 12.1 Å². The maximum absolute atomic E-state index is 12.7. The molecule has 0 spiro atoms. The molecular formula is C16H17F3N2O2. The Hall–Kier alpha value is -2.23. The van der Waals surface area contributed by atoms with Crippen LogP contribution in [0.2, 0.25) is 0 Å². The number of carbonyl (C=O) groups is 1. The highest BCUT2D eigenvalue weighted by Gasteiger charge is 2.32. The van der Waals surface area contributed by atoms with Gasteiger partial charge in [-0.1, -0.05) is 6.07 Å². The van der Waals surface area contributed by atoms with E-state index in [2.05, 4.69) is 4.85 Å². The lowest BCUT2D eigenvalue weighted by Gasteiger charge is -2.33. The molecule has 0 aliphatic carbocycles. The SMILES string of the molecule is [C-]#[N+]c1cc(C(F)(F)F)ccc1N1CCC(C(=O)OCC)CC1. The first-order valence-electron chi connectivity index (χ1n) is 7.37. The van der Waals surface area contributed by atoms with Crippen LogP contribution in [0.4, 0.5) is 24.5 Å². The topological polar surface area (TPSA) is 33.9 Å². The summed E-state index contributed by atoms with van der Waals surface area (Å²) < 4.78 is 43.2. The Balaban J connectivity index is 2.12. The van der Waals surface area contributed by atoms with E-state index < -0.39 is 11.7 Å². The average Bonchev–Trinajstić information content (AvgIpc) is 2.53. The molecule has 4 nitrogen and oxygen atoms in total. The van der Waals surface area contributed by atoms with E-state index in [-0.39, 0.29) is 17.6 Å². The Labute approximate surface area is 132 Å². The summed E-state index contributed by atoms with van der Waals surface area (Å²) in [6.07, 6.45) is -3.33. The van der Waals surface area contributed by atoms with E-state index in [9.17, 15) is 18.0 Å². The molecule has 0 aromatic heterocycles. The zero-order valence-electron chi connectivity index (χ0n) is 12.7. The third-order valence-corrected chi connectivity index (χ3v) is 3.88. The Kier molecular flexibility index (Phi) is 5.14. The molecule has 2 rings (SSSR count).